The number of carbonyl (C=O) groups is 1. The zero-order valence-electron chi connectivity index (χ0n) is 10.5. The molecule has 18 heavy (non-hydrogen) atoms. The molecule has 0 unspecified atom stereocenters. The Balaban J connectivity index is 1.70. The van der Waals surface area contributed by atoms with Crippen molar-refractivity contribution < 1.29 is 9.53 Å². The van der Waals surface area contributed by atoms with E-state index in [0.29, 0.717) is 0 Å². The summed E-state index contributed by atoms with van der Waals surface area (Å²) < 4.78 is 5.33. The molecule has 0 aromatic heterocycles. The van der Waals surface area contributed by atoms with E-state index in [0.717, 1.165) is 51.5 Å². The largest absolute Gasteiger partial charge is 0.379 e. The zero-order valence-corrected chi connectivity index (χ0v) is 10.5. The highest BCUT2D eigenvalue weighted by Crippen LogP contribution is 2.18. The van der Waals surface area contributed by atoms with E-state index >= 15 is 0 Å². The fourth-order valence-electron chi connectivity index (χ4n) is 2.59. The Morgan fingerprint density at radius 2 is 1.89 bits per heavy atom. The van der Waals surface area contributed by atoms with Crippen LogP contribution in [-0.2, 0) is 11.2 Å². The van der Waals surface area contributed by atoms with Crippen LogP contribution >= 0.6 is 0 Å². The molecule has 1 aromatic rings. The van der Waals surface area contributed by atoms with Gasteiger partial charge in [0.1, 0.15) is 0 Å². The molecular weight excluding hydrogens is 228 g/mol. The van der Waals surface area contributed by atoms with E-state index in [-0.39, 0.29) is 5.91 Å². The molecule has 1 amide bonds. The van der Waals surface area contributed by atoms with Gasteiger partial charge in [0, 0.05) is 25.2 Å². The molecule has 1 saturated heterocycles. The lowest BCUT2D eigenvalue weighted by molar-refractivity contribution is 0.00952. The van der Waals surface area contributed by atoms with Crippen molar-refractivity contribution in [2.45, 2.75) is 6.42 Å². The summed E-state index contributed by atoms with van der Waals surface area (Å²) in [4.78, 5) is 16.6. The second-order valence-electron chi connectivity index (χ2n) is 4.85. The third-order valence-corrected chi connectivity index (χ3v) is 3.66. The average Bonchev–Trinajstić information content (AvgIpc) is 2.43. The standard InChI is InChI=1S/C14H18N2O2/c17-14-13-4-2-1-3-12(13)5-6-16(14)11-15-7-9-18-10-8-15/h1-4H,5-11H2. The number of carbonyl (C=O) groups excluding carboxylic acids is 1. The van der Waals surface area contributed by atoms with Crippen LogP contribution in [0, 0.1) is 0 Å². The number of hydrogen-bond acceptors (Lipinski definition) is 3. The minimum absolute atomic E-state index is 0.170. The summed E-state index contributed by atoms with van der Waals surface area (Å²) in [5.41, 5.74) is 2.05. The van der Waals surface area contributed by atoms with Gasteiger partial charge in [0.2, 0.25) is 0 Å². The molecule has 0 spiro atoms. The van der Waals surface area contributed by atoms with Crippen molar-refractivity contribution in [3.63, 3.8) is 0 Å². The highest BCUT2D eigenvalue weighted by atomic mass is 16.5. The number of hydrogen-bond donors (Lipinski definition) is 0. The maximum Gasteiger partial charge on any atom is 0.255 e. The third-order valence-electron chi connectivity index (χ3n) is 3.66. The molecule has 2 aliphatic heterocycles. The first kappa shape index (κ1) is 11.7. The summed E-state index contributed by atoms with van der Waals surface area (Å²) in [5, 5.41) is 0. The Morgan fingerprint density at radius 3 is 2.72 bits per heavy atom. The van der Waals surface area contributed by atoms with Crippen molar-refractivity contribution in [2.24, 2.45) is 0 Å². The molecule has 0 saturated carbocycles. The van der Waals surface area contributed by atoms with Crippen molar-refractivity contribution in [2.75, 3.05) is 39.5 Å². The van der Waals surface area contributed by atoms with Crippen molar-refractivity contribution >= 4 is 5.91 Å². The van der Waals surface area contributed by atoms with Crippen LogP contribution in [0.4, 0.5) is 0 Å². The van der Waals surface area contributed by atoms with E-state index in [1.54, 1.807) is 0 Å². The van der Waals surface area contributed by atoms with Crippen molar-refractivity contribution in [3.05, 3.63) is 35.4 Å². The summed E-state index contributed by atoms with van der Waals surface area (Å²) in [6.07, 6.45) is 0.965. The molecule has 4 nitrogen and oxygen atoms in total. The molecule has 0 N–H and O–H groups in total. The Labute approximate surface area is 107 Å². The molecule has 0 bridgehead atoms. The fraction of sp³-hybridized carbons (Fsp3) is 0.500. The molecule has 3 rings (SSSR count). The Bertz CT molecular complexity index is 441. The van der Waals surface area contributed by atoms with Gasteiger partial charge in [-0.25, -0.2) is 0 Å². The van der Waals surface area contributed by atoms with E-state index in [1.165, 1.54) is 5.56 Å². The van der Waals surface area contributed by atoms with Gasteiger partial charge in [0.15, 0.2) is 0 Å². The van der Waals surface area contributed by atoms with Gasteiger partial charge in [-0.2, -0.15) is 0 Å². The molecule has 2 heterocycles. The highest BCUT2D eigenvalue weighted by molar-refractivity contribution is 5.96. The monoisotopic (exact) mass is 246 g/mol. The van der Waals surface area contributed by atoms with E-state index < -0.39 is 0 Å². The molecule has 96 valence electrons. The summed E-state index contributed by atoms with van der Waals surface area (Å²) in [7, 11) is 0. The maximum absolute atomic E-state index is 12.4. The highest BCUT2D eigenvalue weighted by Gasteiger charge is 2.25. The predicted octanol–water partition coefficient (Wildman–Crippen LogP) is 0.975. The van der Waals surface area contributed by atoms with Crippen LogP contribution in [0.3, 0.4) is 0 Å². The fourth-order valence-corrected chi connectivity index (χ4v) is 2.59. The van der Waals surface area contributed by atoms with Crippen LogP contribution in [-0.4, -0.2) is 55.2 Å². The van der Waals surface area contributed by atoms with Gasteiger partial charge in [0.25, 0.3) is 5.91 Å². The van der Waals surface area contributed by atoms with Crippen LogP contribution in [0.2, 0.25) is 0 Å². The third kappa shape index (κ3) is 2.26. The number of benzene rings is 1. The van der Waals surface area contributed by atoms with Crippen molar-refractivity contribution in [3.8, 4) is 0 Å². The van der Waals surface area contributed by atoms with Crippen molar-refractivity contribution in [1.29, 1.82) is 0 Å². The van der Waals surface area contributed by atoms with Gasteiger partial charge in [-0.1, -0.05) is 18.2 Å². The number of morpholine rings is 1. The molecule has 1 aromatic carbocycles. The number of ether oxygens (including phenoxy) is 1. The van der Waals surface area contributed by atoms with Crippen molar-refractivity contribution in [1.82, 2.24) is 9.80 Å². The second kappa shape index (κ2) is 5.08. The number of fused-ring (bicyclic) bond motifs is 1. The Hall–Kier alpha value is -1.39. The van der Waals surface area contributed by atoms with Crippen LogP contribution < -0.4 is 0 Å². The van der Waals surface area contributed by atoms with Gasteiger partial charge >= 0.3 is 0 Å². The first-order valence-corrected chi connectivity index (χ1v) is 6.52. The summed E-state index contributed by atoms with van der Waals surface area (Å²) in [5.74, 6) is 0.170. The summed E-state index contributed by atoms with van der Waals surface area (Å²) in [6, 6.07) is 7.93. The molecule has 2 aliphatic rings. The zero-order chi connectivity index (χ0) is 12.4. The van der Waals surface area contributed by atoms with Gasteiger partial charge in [-0.05, 0) is 18.1 Å². The van der Waals surface area contributed by atoms with Gasteiger partial charge < -0.3 is 9.64 Å². The van der Waals surface area contributed by atoms with Gasteiger partial charge in [0.05, 0.1) is 19.9 Å². The summed E-state index contributed by atoms with van der Waals surface area (Å²) in [6.45, 7) is 4.96. The quantitative estimate of drug-likeness (QED) is 0.779. The molecule has 0 atom stereocenters. The lowest BCUT2D eigenvalue weighted by Crippen LogP contribution is -2.48. The second-order valence-corrected chi connectivity index (χ2v) is 4.85. The Morgan fingerprint density at radius 1 is 1.11 bits per heavy atom. The normalized spacial score (nSPS) is 20.9. The van der Waals surface area contributed by atoms with Crippen LogP contribution in [0.15, 0.2) is 24.3 Å². The van der Waals surface area contributed by atoms with E-state index in [2.05, 4.69) is 11.0 Å². The van der Waals surface area contributed by atoms with Gasteiger partial charge in [-0.3, -0.25) is 9.69 Å². The lowest BCUT2D eigenvalue weighted by atomic mass is 9.99. The van der Waals surface area contributed by atoms with E-state index in [9.17, 15) is 4.79 Å². The topological polar surface area (TPSA) is 32.8 Å². The minimum Gasteiger partial charge on any atom is -0.379 e. The number of amides is 1. The molecule has 0 aliphatic carbocycles. The van der Waals surface area contributed by atoms with Crippen LogP contribution in [0.1, 0.15) is 15.9 Å². The lowest BCUT2D eigenvalue weighted by Gasteiger charge is -2.35. The molecular formula is C14H18N2O2. The predicted molar refractivity (Wildman–Crippen MR) is 68.4 cm³/mol. The molecule has 0 radical (unpaired) electrons. The molecule has 4 heteroatoms. The first-order valence-electron chi connectivity index (χ1n) is 6.52. The van der Waals surface area contributed by atoms with E-state index in [4.69, 9.17) is 4.74 Å². The smallest absolute Gasteiger partial charge is 0.255 e. The minimum atomic E-state index is 0.170. The number of nitrogens with zero attached hydrogens (tertiary/aromatic N) is 2. The SMILES string of the molecule is O=C1c2ccccc2CCN1CN1CCOCC1. The average molecular weight is 246 g/mol. The van der Waals surface area contributed by atoms with Crippen LogP contribution in [0.25, 0.3) is 0 Å². The van der Waals surface area contributed by atoms with E-state index in [1.807, 2.05) is 23.1 Å². The number of rotatable bonds is 2. The maximum atomic E-state index is 12.4. The first-order chi connectivity index (χ1) is 8.84. The van der Waals surface area contributed by atoms with Crippen LogP contribution in [0.5, 0.6) is 0 Å². The summed E-state index contributed by atoms with van der Waals surface area (Å²) >= 11 is 0. The van der Waals surface area contributed by atoms with Gasteiger partial charge in [-0.15, -0.1) is 0 Å². The molecule has 1 fully saturated rings. The Kier molecular flexibility index (Phi) is 3.30.